The van der Waals surface area contributed by atoms with Gasteiger partial charge in [-0.3, -0.25) is 9.88 Å². The Labute approximate surface area is 112 Å². The van der Waals surface area contributed by atoms with Crippen LogP contribution >= 0.6 is 15.9 Å². The molecule has 0 saturated carbocycles. The number of rotatable bonds is 3. The lowest BCUT2D eigenvalue weighted by atomic mass is 10.1. The van der Waals surface area contributed by atoms with Crippen LogP contribution in [0, 0.1) is 0 Å². The number of aromatic nitrogens is 1. The van der Waals surface area contributed by atoms with Crippen LogP contribution in [0.4, 0.5) is 0 Å². The van der Waals surface area contributed by atoms with Gasteiger partial charge < -0.3 is 5.32 Å². The Balaban J connectivity index is 2.04. The Bertz CT molecular complexity index is 369. The van der Waals surface area contributed by atoms with Crippen molar-refractivity contribution in [1.82, 2.24) is 15.2 Å². The summed E-state index contributed by atoms with van der Waals surface area (Å²) in [7, 11) is 0. The van der Waals surface area contributed by atoms with Gasteiger partial charge in [-0.2, -0.15) is 0 Å². The topological polar surface area (TPSA) is 28.2 Å². The highest BCUT2D eigenvalue weighted by atomic mass is 79.9. The maximum Gasteiger partial charge on any atom is 0.0410 e. The summed E-state index contributed by atoms with van der Waals surface area (Å²) in [4.78, 5) is 6.79. The largest absolute Gasteiger partial charge is 0.311 e. The van der Waals surface area contributed by atoms with Crippen molar-refractivity contribution in [2.24, 2.45) is 0 Å². The van der Waals surface area contributed by atoms with Crippen molar-refractivity contribution < 1.29 is 0 Å². The normalized spacial score (nSPS) is 26.1. The van der Waals surface area contributed by atoms with Crippen LogP contribution in [0.15, 0.2) is 22.9 Å². The molecule has 2 unspecified atom stereocenters. The molecule has 3 nitrogen and oxygen atoms in total. The number of hydrogen-bond acceptors (Lipinski definition) is 3. The minimum atomic E-state index is 0.581. The summed E-state index contributed by atoms with van der Waals surface area (Å²) in [5.41, 5.74) is 1.28. The average Bonchev–Trinajstić information content (AvgIpc) is 2.29. The lowest BCUT2D eigenvalue weighted by Gasteiger charge is -2.39. The van der Waals surface area contributed by atoms with Gasteiger partial charge in [-0.1, -0.05) is 6.92 Å². The van der Waals surface area contributed by atoms with Crippen LogP contribution in [0.2, 0.25) is 0 Å². The van der Waals surface area contributed by atoms with E-state index in [2.05, 4.69) is 51.0 Å². The van der Waals surface area contributed by atoms with Crippen molar-refractivity contribution in [2.75, 3.05) is 13.1 Å². The summed E-state index contributed by atoms with van der Waals surface area (Å²) in [5.74, 6) is 0. The van der Waals surface area contributed by atoms with E-state index in [4.69, 9.17) is 0 Å². The van der Waals surface area contributed by atoms with Crippen molar-refractivity contribution in [2.45, 2.75) is 38.9 Å². The molecule has 0 radical (unpaired) electrons. The maximum absolute atomic E-state index is 4.23. The first-order valence-electron chi connectivity index (χ1n) is 6.26. The predicted octanol–water partition coefficient (Wildman–Crippen LogP) is 2.42. The fourth-order valence-electron chi connectivity index (χ4n) is 2.40. The second-order valence-corrected chi connectivity index (χ2v) is 5.73. The lowest BCUT2D eigenvalue weighted by Crippen LogP contribution is -2.54. The Morgan fingerprint density at radius 1 is 1.53 bits per heavy atom. The van der Waals surface area contributed by atoms with Gasteiger partial charge in [0.2, 0.25) is 0 Å². The van der Waals surface area contributed by atoms with E-state index in [1.165, 1.54) is 12.0 Å². The molecule has 1 N–H and O–H groups in total. The van der Waals surface area contributed by atoms with Crippen molar-refractivity contribution in [3.8, 4) is 0 Å². The standard InChI is InChI=1S/C13H20BrN3/c1-3-13-7-16-10(2)8-17(13)9-11-4-12(14)6-15-5-11/h4-6,10,13,16H,3,7-9H2,1-2H3. The Hall–Kier alpha value is -0.450. The number of pyridine rings is 1. The molecule has 2 atom stereocenters. The molecule has 4 heteroatoms. The first-order chi connectivity index (χ1) is 8.19. The zero-order chi connectivity index (χ0) is 12.3. The van der Waals surface area contributed by atoms with Gasteiger partial charge in [-0.15, -0.1) is 0 Å². The van der Waals surface area contributed by atoms with Crippen LogP contribution in [-0.4, -0.2) is 35.1 Å². The predicted molar refractivity (Wildman–Crippen MR) is 73.9 cm³/mol. The van der Waals surface area contributed by atoms with E-state index in [9.17, 15) is 0 Å². The van der Waals surface area contributed by atoms with Gasteiger partial charge in [0.15, 0.2) is 0 Å². The third-order valence-corrected chi connectivity index (χ3v) is 3.78. The van der Waals surface area contributed by atoms with Crippen molar-refractivity contribution in [3.63, 3.8) is 0 Å². The van der Waals surface area contributed by atoms with E-state index >= 15 is 0 Å². The lowest BCUT2D eigenvalue weighted by molar-refractivity contribution is 0.124. The van der Waals surface area contributed by atoms with E-state index in [-0.39, 0.29) is 0 Å². The summed E-state index contributed by atoms with van der Waals surface area (Å²) in [6.45, 7) is 7.72. The highest BCUT2D eigenvalue weighted by molar-refractivity contribution is 9.10. The molecule has 1 aromatic heterocycles. The highest BCUT2D eigenvalue weighted by Crippen LogP contribution is 2.16. The third kappa shape index (κ3) is 3.50. The van der Waals surface area contributed by atoms with E-state index in [1.54, 1.807) is 0 Å². The van der Waals surface area contributed by atoms with Gasteiger partial charge in [0.1, 0.15) is 0 Å². The minimum Gasteiger partial charge on any atom is -0.311 e. The summed E-state index contributed by atoms with van der Waals surface area (Å²) in [5, 5.41) is 3.54. The molecule has 2 heterocycles. The Kier molecular flexibility index (Phi) is 4.54. The molecule has 1 fully saturated rings. The molecular formula is C13H20BrN3. The van der Waals surface area contributed by atoms with Gasteiger partial charge in [0.25, 0.3) is 0 Å². The highest BCUT2D eigenvalue weighted by Gasteiger charge is 2.24. The molecule has 0 aliphatic carbocycles. The molecule has 0 bridgehead atoms. The number of halogens is 1. The summed E-state index contributed by atoms with van der Waals surface area (Å²) in [6.07, 6.45) is 4.99. The smallest absolute Gasteiger partial charge is 0.0410 e. The van der Waals surface area contributed by atoms with Crippen molar-refractivity contribution in [3.05, 3.63) is 28.5 Å². The monoisotopic (exact) mass is 297 g/mol. The SMILES string of the molecule is CCC1CNC(C)CN1Cc1cncc(Br)c1. The molecule has 1 aliphatic rings. The van der Waals surface area contributed by atoms with E-state index in [1.807, 2.05) is 12.4 Å². The fraction of sp³-hybridized carbons (Fsp3) is 0.615. The molecule has 0 amide bonds. The Morgan fingerprint density at radius 3 is 3.06 bits per heavy atom. The zero-order valence-corrected chi connectivity index (χ0v) is 12.1. The van der Waals surface area contributed by atoms with E-state index in [0.717, 1.165) is 24.1 Å². The van der Waals surface area contributed by atoms with E-state index in [0.29, 0.717) is 12.1 Å². The number of nitrogens with one attached hydrogen (secondary N) is 1. The molecule has 94 valence electrons. The van der Waals surface area contributed by atoms with Crippen molar-refractivity contribution >= 4 is 15.9 Å². The Morgan fingerprint density at radius 2 is 2.35 bits per heavy atom. The van der Waals surface area contributed by atoms with Gasteiger partial charge in [-0.25, -0.2) is 0 Å². The van der Waals surface area contributed by atoms with Gasteiger partial charge >= 0.3 is 0 Å². The number of nitrogens with zero attached hydrogens (tertiary/aromatic N) is 2. The molecule has 0 aromatic carbocycles. The molecule has 1 aromatic rings. The van der Waals surface area contributed by atoms with Crippen LogP contribution in [0.1, 0.15) is 25.8 Å². The van der Waals surface area contributed by atoms with Gasteiger partial charge in [0, 0.05) is 48.6 Å². The molecule has 2 rings (SSSR count). The van der Waals surface area contributed by atoms with E-state index < -0.39 is 0 Å². The average molecular weight is 298 g/mol. The van der Waals surface area contributed by atoms with Crippen LogP contribution < -0.4 is 5.32 Å². The second-order valence-electron chi connectivity index (χ2n) is 4.81. The van der Waals surface area contributed by atoms with Crippen LogP contribution in [0.3, 0.4) is 0 Å². The molecule has 17 heavy (non-hydrogen) atoms. The first-order valence-corrected chi connectivity index (χ1v) is 7.05. The van der Waals surface area contributed by atoms with Gasteiger partial charge in [-0.05, 0) is 40.9 Å². The molecule has 1 saturated heterocycles. The molecule has 0 spiro atoms. The van der Waals surface area contributed by atoms with Gasteiger partial charge in [0.05, 0.1) is 0 Å². The van der Waals surface area contributed by atoms with Crippen LogP contribution in [-0.2, 0) is 6.54 Å². The third-order valence-electron chi connectivity index (χ3n) is 3.35. The summed E-state index contributed by atoms with van der Waals surface area (Å²) < 4.78 is 1.06. The number of piperazine rings is 1. The first kappa shape index (κ1) is 13.0. The number of hydrogen-bond donors (Lipinski definition) is 1. The quantitative estimate of drug-likeness (QED) is 0.929. The van der Waals surface area contributed by atoms with Crippen molar-refractivity contribution in [1.29, 1.82) is 0 Å². The maximum atomic E-state index is 4.23. The van der Waals surface area contributed by atoms with Crippen LogP contribution in [0.25, 0.3) is 0 Å². The van der Waals surface area contributed by atoms with Crippen LogP contribution in [0.5, 0.6) is 0 Å². The zero-order valence-electron chi connectivity index (χ0n) is 10.5. The molecule has 1 aliphatic heterocycles. The summed E-state index contributed by atoms with van der Waals surface area (Å²) in [6, 6.07) is 3.38. The fourth-order valence-corrected chi connectivity index (χ4v) is 2.82. The second kappa shape index (κ2) is 5.94. The molecular weight excluding hydrogens is 278 g/mol. The minimum absolute atomic E-state index is 0.581. The summed E-state index contributed by atoms with van der Waals surface area (Å²) >= 11 is 3.48.